The summed E-state index contributed by atoms with van der Waals surface area (Å²) in [7, 11) is 1.58. The highest BCUT2D eigenvalue weighted by Gasteiger charge is 2.27. The molecule has 0 unspecified atom stereocenters. The van der Waals surface area contributed by atoms with E-state index in [9.17, 15) is 14.0 Å². The van der Waals surface area contributed by atoms with Crippen molar-refractivity contribution in [2.45, 2.75) is 25.3 Å². The fraction of sp³-hybridized carbons (Fsp3) is 0.280. The first kappa shape index (κ1) is 23.3. The molecule has 0 bridgehead atoms. The average molecular weight is 488 g/mol. The number of benzene rings is 2. The number of pyridine rings is 1. The number of nitrogens with one attached hydrogen (secondary N) is 1. The lowest BCUT2D eigenvalue weighted by atomic mass is 9.89. The molecule has 172 valence electrons. The normalized spacial score (nSPS) is 14.4. The first-order chi connectivity index (χ1) is 15.8. The third-order valence-corrected chi connectivity index (χ3v) is 6.66. The van der Waals surface area contributed by atoms with Gasteiger partial charge in [0.2, 0.25) is 0 Å². The number of aryl methyl sites for hydroxylation is 1. The minimum atomic E-state index is -0.373. The van der Waals surface area contributed by atoms with Gasteiger partial charge in [-0.3, -0.25) is 9.59 Å². The molecule has 0 aliphatic carbocycles. The molecule has 0 atom stereocenters. The number of carbonyl (C=O) groups excluding carboxylic acids is 1. The molecule has 2 heterocycles. The van der Waals surface area contributed by atoms with Crippen LogP contribution in [0, 0.1) is 5.82 Å². The van der Waals surface area contributed by atoms with E-state index in [-0.39, 0.29) is 28.2 Å². The Bertz CT molecular complexity index is 1200. The van der Waals surface area contributed by atoms with Crippen LogP contribution in [0.3, 0.4) is 0 Å². The monoisotopic (exact) mass is 487 g/mol. The number of piperidine rings is 1. The lowest BCUT2D eigenvalue weighted by Gasteiger charge is -2.33. The second-order valence-corrected chi connectivity index (χ2v) is 9.06. The number of hydrogen-bond acceptors (Lipinski definition) is 3. The van der Waals surface area contributed by atoms with Crippen LogP contribution >= 0.6 is 23.2 Å². The van der Waals surface area contributed by atoms with E-state index in [0.717, 1.165) is 24.0 Å². The molecule has 0 radical (unpaired) electrons. The van der Waals surface area contributed by atoms with E-state index in [1.165, 1.54) is 22.9 Å². The topological polar surface area (TPSA) is 54.3 Å². The van der Waals surface area contributed by atoms with Crippen LogP contribution in [0.1, 0.15) is 40.2 Å². The Morgan fingerprint density at radius 2 is 1.70 bits per heavy atom. The van der Waals surface area contributed by atoms with Crippen molar-refractivity contribution in [3.8, 4) is 0 Å². The van der Waals surface area contributed by atoms with Crippen molar-refractivity contribution in [3.05, 3.63) is 97.6 Å². The van der Waals surface area contributed by atoms with Gasteiger partial charge in [0.1, 0.15) is 10.8 Å². The number of aromatic nitrogens is 1. The first-order valence-electron chi connectivity index (χ1n) is 10.8. The summed E-state index contributed by atoms with van der Waals surface area (Å²) in [5.74, 6) is -0.152. The summed E-state index contributed by atoms with van der Waals surface area (Å²) >= 11 is 12.3. The highest BCUT2D eigenvalue weighted by Crippen LogP contribution is 2.31. The number of carbonyl (C=O) groups is 1. The Morgan fingerprint density at radius 3 is 2.33 bits per heavy atom. The molecular weight excluding hydrogens is 464 g/mol. The summed E-state index contributed by atoms with van der Waals surface area (Å²) in [6.45, 7) is 1.52. The van der Waals surface area contributed by atoms with E-state index in [1.54, 1.807) is 24.1 Å². The highest BCUT2D eigenvalue weighted by molar-refractivity contribution is 6.34. The second kappa shape index (κ2) is 9.98. The first-order valence-corrected chi connectivity index (χ1v) is 11.5. The van der Waals surface area contributed by atoms with Gasteiger partial charge in [0.25, 0.3) is 11.5 Å². The van der Waals surface area contributed by atoms with Gasteiger partial charge in [0.15, 0.2) is 0 Å². The molecule has 1 fully saturated rings. The Labute approximate surface area is 201 Å². The standard InChI is InChI=1S/C25H24Cl2FN3O2/c1-30-15-21(23(22(27)25(30)33)29-14-16-2-6-19(26)7-3-16)24(32)31-12-10-18(11-13-31)17-4-8-20(28)9-5-17/h2-9,15,18,29H,10-14H2,1H3. The summed E-state index contributed by atoms with van der Waals surface area (Å²) < 4.78 is 14.6. The number of rotatable bonds is 5. The van der Waals surface area contributed by atoms with Gasteiger partial charge < -0.3 is 14.8 Å². The maximum absolute atomic E-state index is 13.4. The molecule has 1 N–H and O–H groups in total. The van der Waals surface area contributed by atoms with E-state index in [1.807, 2.05) is 24.3 Å². The predicted molar refractivity (Wildman–Crippen MR) is 130 cm³/mol. The van der Waals surface area contributed by atoms with Gasteiger partial charge in [-0.2, -0.15) is 0 Å². The smallest absolute Gasteiger partial charge is 0.271 e. The van der Waals surface area contributed by atoms with Gasteiger partial charge in [-0.25, -0.2) is 4.39 Å². The molecule has 8 heteroatoms. The van der Waals surface area contributed by atoms with Gasteiger partial charge in [0.05, 0.1) is 11.3 Å². The molecule has 0 spiro atoms. The summed E-state index contributed by atoms with van der Waals surface area (Å²) in [4.78, 5) is 27.6. The summed E-state index contributed by atoms with van der Waals surface area (Å²) in [5, 5.41) is 3.79. The molecule has 1 aliphatic heterocycles. The van der Waals surface area contributed by atoms with E-state index in [0.29, 0.717) is 35.9 Å². The summed E-state index contributed by atoms with van der Waals surface area (Å²) in [6, 6.07) is 13.9. The van der Waals surface area contributed by atoms with E-state index < -0.39 is 0 Å². The largest absolute Gasteiger partial charge is 0.379 e. The third kappa shape index (κ3) is 5.23. The molecule has 1 aliphatic rings. The minimum absolute atomic E-state index is 0.0153. The van der Waals surface area contributed by atoms with Crippen LogP contribution in [-0.2, 0) is 13.6 Å². The molecule has 0 saturated carbocycles. The summed E-state index contributed by atoms with van der Waals surface area (Å²) in [5.41, 5.74) is 2.34. The van der Waals surface area contributed by atoms with Crippen LogP contribution in [0.15, 0.2) is 59.5 Å². The maximum Gasteiger partial charge on any atom is 0.271 e. The van der Waals surface area contributed by atoms with E-state index >= 15 is 0 Å². The Balaban J connectivity index is 1.52. The lowest BCUT2D eigenvalue weighted by molar-refractivity contribution is 0.0713. The lowest BCUT2D eigenvalue weighted by Crippen LogP contribution is -2.39. The molecule has 3 aromatic rings. The average Bonchev–Trinajstić information content (AvgIpc) is 2.83. The van der Waals surface area contributed by atoms with Crippen LogP contribution in [-0.4, -0.2) is 28.5 Å². The Kier molecular flexibility index (Phi) is 7.05. The van der Waals surface area contributed by atoms with Crippen molar-refractivity contribution in [2.75, 3.05) is 18.4 Å². The molecule has 2 aromatic carbocycles. The van der Waals surface area contributed by atoms with E-state index in [2.05, 4.69) is 5.32 Å². The van der Waals surface area contributed by atoms with Crippen LogP contribution in [0.25, 0.3) is 0 Å². The van der Waals surface area contributed by atoms with Crippen molar-refractivity contribution < 1.29 is 9.18 Å². The Morgan fingerprint density at radius 1 is 1.06 bits per heavy atom. The zero-order valence-electron chi connectivity index (χ0n) is 18.2. The SMILES string of the molecule is Cn1cc(C(=O)N2CCC(c3ccc(F)cc3)CC2)c(NCc2ccc(Cl)cc2)c(Cl)c1=O. The molecule has 4 rings (SSSR count). The fourth-order valence-corrected chi connectivity index (χ4v) is 4.57. The van der Waals surface area contributed by atoms with Crippen molar-refractivity contribution in [2.24, 2.45) is 7.05 Å². The van der Waals surface area contributed by atoms with E-state index in [4.69, 9.17) is 23.2 Å². The highest BCUT2D eigenvalue weighted by atomic mass is 35.5. The molecule has 1 saturated heterocycles. The van der Waals surface area contributed by atoms with Crippen molar-refractivity contribution in [1.82, 2.24) is 9.47 Å². The van der Waals surface area contributed by atoms with Gasteiger partial charge in [0, 0.05) is 37.9 Å². The van der Waals surface area contributed by atoms with Crippen LogP contribution in [0.2, 0.25) is 10.0 Å². The number of anilines is 1. The van der Waals surface area contributed by atoms with Gasteiger partial charge in [-0.15, -0.1) is 0 Å². The third-order valence-electron chi connectivity index (χ3n) is 6.06. The zero-order valence-corrected chi connectivity index (χ0v) is 19.7. The number of likely N-dealkylation sites (tertiary alicyclic amines) is 1. The van der Waals surface area contributed by atoms with Gasteiger partial charge in [-0.05, 0) is 54.2 Å². The van der Waals surface area contributed by atoms with Gasteiger partial charge in [-0.1, -0.05) is 47.5 Å². The predicted octanol–water partition coefficient (Wildman–Crippen LogP) is 5.46. The molecule has 33 heavy (non-hydrogen) atoms. The van der Waals surface area contributed by atoms with Gasteiger partial charge >= 0.3 is 0 Å². The molecule has 1 amide bonds. The maximum atomic E-state index is 13.4. The fourth-order valence-electron chi connectivity index (χ4n) is 4.15. The van der Waals surface area contributed by atoms with Crippen LogP contribution in [0.5, 0.6) is 0 Å². The number of nitrogens with zero attached hydrogens (tertiary/aromatic N) is 2. The number of halogens is 3. The molecule has 5 nitrogen and oxygen atoms in total. The van der Waals surface area contributed by atoms with Crippen LogP contribution in [0.4, 0.5) is 10.1 Å². The Hall–Kier alpha value is -2.83. The quantitative estimate of drug-likeness (QED) is 0.519. The zero-order chi connectivity index (χ0) is 23.5. The van der Waals surface area contributed by atoms with Crippen LogP contribution < -0.4 is 10.9 Å². The second-order valence-electron chi connectivity index (χ2n) is 8.25. The minimum Gasteiger partial charge on any atom is -0.379 e. The van der Waals surface area contributed by atoms with Crippen molar-refractivity contribution in [3.63, 3.8) is 0 Å². The van der Waals surface area contributed by atoms with Crippen molar-refractivity contribution >= 4 is 34.8 Å². The number of hydrogen-bond donors (Lipinski definition) is 1. The van der Waals surface area contributed by atoms with Crippen molar-refractivity contribution in [1.29, 1.82) is 0 Å². The number of amides is 1. The molecular formula is C25H24Cl2FN3O2. The molecule has 1 aromatic heterocycles. The summed E-state index contributed by atoms with van der Waals surface area (Å²) in [6.07, 6.45) is 3.10.